The zero-order valence-electron chi connectivity index (χ0n) is 19.5. The summed E-state index contributed by atoms with van der Waals surface area (Å²) < 4.78 is 11.2. The molecule has 184 valence electrons. The molecule has 2 N–H and O–H groups in total. The Bertz CT molecular complexity index is 1070. The van der Waals surface area contributed by atoms with Gasteiger partial charge in [0.05, 0.1) is 19.3 Å². The number of nitrogens with zero attached hydrogens (tertiary/aromatic N) is 1. The maximum Gasteiger partial charge on any atom is 0.407 e. The van der Waals surface area contributed by atoms with E-state index in [2.05, 4.69) is 17.4 Å². The molecule has 8 nitrogen and oxygen atoms in total. The second-order valence-electron chi connectivity index (χ2n) is 9.49. The zero-order chi connectivity index (χ0) is 24.4. The van der Waals surface area contributed by atoms with Gasteiger partial charge < -0.3 is 24.8 Å². The molecule has 2 aliphatic heterocycles. The Kier molecular flexibility index (Phi) is 6.72. The molecule has 1 aliphatic carbocycles. The number of ether oxygens (including phenoxy) is 2. The van der Waals surface area contributed by atoms with Gasteiger partial charge in [0.15, 0.2) is 0 Å². The molecule has 0 spiro atoms. The molecule has 1 unspecified atom stereocenters. The number of aliphatic carboxylic acids is 1. The number of hydrogen-bond donors (Lipinski definition) is 2. The smallest absolute Gasteiger partial charge is 0.407 e. The van der Waals surface area contributed by atoms with E-state index in [-0.39, 0.29) is 37.3 Å². The lowest BCUT2D eigenvalue weighted by Gasteiger charge is -2.38. The summed E-state index contributed by atoms with van der Waals surface area (Å²) in [6, 6.07) is 15.1. The number of amides is 2. The SMILES string of the molecule is O=C(O)CCC(NC(=O)OCC1c2ccccc2-c2ccccc21)C(=O)N1CCC[C@H]2COC[C@H]21. The van der Waals surface area contributed by atoms with E-state index in [1.54, 1.807) is 4.90 Å². The van der Waals surface area contributed by atoms with E-state index >= 15 is 0 Å². The molecule has 0 radical (unpaired) electrons. The molecule has 8 heteroatoms. The van der Waals surface area contributed by atoms with E-state index in [0.29, 0.717) is 25.7 Å². The average molecular weight is 479 g/mol. The van der Waals surface area contributed by atoms with Crippen LogP contribution in [0.5, 0.6) is 0 Å². The molecule has 2 heterocycles. The van der Waals surface area contributed by atoms with Crippen LogP contribution >= 0.6 is 0 Å². The van der Waals surface area contributed by atoms with E-state index in [1.807, 2.05) is 36.4 Å². The van der Waals surface area contributed by atoms with Crippen LogP contribution in [-0.4, -0.2) is 66.4 Å². The number of nitrogens with one attached hydrogen (secondary N) is 1. The van der Waals surface area contributed by atoms with Gasteiger partial charge in [-0.25, -0.2) is 4.79 Å². The van der Waals surface area contributed by atoms with Crippen LogP contribution < -0.4 is 5.32 Å². The lowest BCUT2D eigenvalue weighted by molar-refractivity contribution is -0.139. The summed E-state index contributed by atoms with van der Waals surface area (Å²) in [6.45, 7) is 1.82. The third kappa shape index (κ3) is 4.75. The topological polar surface area (TPSA) is 105 Å². The predicted octanol–water partition coefficient (Wildman–Crippen LogP) is 3.40. The highest BCUT2D eigenvalue weighted by molar-refractivity contribution is 5.86. The van der Waals surface area contributed by atoms with Crippen molar-refractivity contribution in [1.29, 1.82) is 0 Å². The van der Waals surface area contributed by atoms with Crippen LogP contribution in [0.3, 0.4) is 0 Å². The number of benzene rings is 2. The number of likely N-dealkylation sites (tertiary alicyclic amines) is 1. The second-order valence-corrected chi connectivity index (χ2v) is 9.49. The van der Waals surface area contributed by atoms with Crippen molar-refractivity contribution in [3.63, 3.8) is 0 Å². The Labute approximate surface area is 204 Å². The molecule has 3 atom stereocenters. The number of carboxylic acid groups (broad SMARTS) is 1. The predicted molar refractivity (Wildman–Crippen MR) is 128 cm³/mol. The molecule has 5 rings (SSSR count). The molecule has 0 bridgehead atoms. The van der Waals surface area contributed by atoms with E-state index in [9.17, 15) is 19.5 Å². The molecule has 3 aliphatic rings. The van der Waals surface area contributed by atoms with Gasteiger partial charge in [0, 0.05) is 24.8 Å². The van der Waals surface area contributed by atoms with Crippen LogP contribution in [0.2, 0.25) is 0 Å². The minimum Gasteiger partial charge on any atom is -0.481 e. The molecule has 2 amide bonds. The van der Waals surface area contributed by atoms with Crippen molar-refractivity contribution in [1.82, 2.24) is 10.2 Å². The Balaban J connectivity index is 1.26. The number of carboxylic acids is 1. The van der Waals surface area contributed by atoms with Crippen molar-refractivity contribution >= 4 is 18.0 Å². The molecule has 2 aromatic carbocycles. The molecular formula is C27H30N2O6. The Hall–Kier alpha value is -3.39. The Morgan fingerprint density at radius 1 is 1.06 bits per heavy atom. The molecule has 2 saturated heterocycles. The normalized spacial score (nSPS) is 21.5. The molecule has 0 saturated carbocycles. The zero-order valence-corrected chi connectivity index (χ0v) is 19.5. The summed E-state index contributed by atoms with van der Waals surface area (Å²) in [5.41, 5.74) is 4.45. The number of piperidine rings is 1. The van der Waals surface area contributed by atoms with Gasteiger partial charge in [-0.05, 0) is 41.5 Å². The lowest BCUT2D eigenvalue weighted by atomic mass is 9.91. The summed E-state index contributed by atoms with van der Waals surface area (Å²) in [5, 5.41) is 11.8. The van der Waals surface area contributed by atoms with E-state index < -0.39 is 18.1 Å². The lowest BCUT2D eigenvalue weighted by Crippen LogP contribution is -2.55. The fourth-order valence-electron chi connectivity index (χ4n) is 5.68. The highest BCUT2D eigenvalue weighted by Crippen LogP contribution is 2.44. The first-order valence-electron chi connectivity index (χ1n) is 12.2. The van der Waals surface area contributed by atoms with Crippen molar-refractivity contribution in [3.05, 3.63) is 59.7 Å². The van der Waals surface area contributed by atoms with Gasteiger partial charge >= 0.3 is 12.1 Å². The average Bonchev–Trinajstić information content (AvgIpc) is 3.47. The number of hydrogen-bond acceptors (Lipinski definition) is 5. The second kappa shape index (κ2) is 10.1. The number of fused-ring (bicyclic) bond motifs is 4. The van der Waals surface area contributed by atoms with Crippen LogP contribution in [0.15, 0.2) is 48.5 Å². The van der Waals surface area contributed by atoms with Gasteiger partial charge in [-0.2, -0.15) is 0 Å². The van der Waals surface area contributed by atoms with Crippen molar-refractivity contribution < 1.29 is 29.0 Å². The van der Waals surface area contributed by atoms with Crippen molar-refractivity contribution in [2.75, 3.05) is 26.4 Å². The minimum atomic E-state index is -1.02. The van der Waals surface area contributed by atoms with Gasteiger partial charge in [-0.3, -0.25) is 9.59 Å². The molecule has 2 fully saturated rings. The summed E-state index contributed by atoms with van der Waals surface area (Å²) in [5.74, 6) is -1.08. The number of alkyl carbamates (subject to hydrolysis) is 1. The van der Waals surface area contributed by atoms with Gasteiger partial charge in [-0.1, -0.05) is 48.5 Å². The molecule has 0 aromatic heterocycles. The fourth-order valence-corrected chi connectivity index (χ4v) is 5.68. The van der Waals surface area contributed by atoms with E-state index in [4.69, 9.17) is 9.47 Å². The summed E-state index contributed by atoms with van der Waals surface area (Å²) >= 11 is 0. The van der Waals surface area contributed by atoms with Crippen LogP contribution in [0.25, 0.3) is 11.1 Å². The minimum absolute atomic E-state index is 0.00705. The van der Waals surface area contributed by atoms with Crippen LogP contribution in [-0.2, 0) is 19.1 Å². The standard InChI is InChI=1S/C27H30N2O6/c30-25(31)12-11-23(26(32)29-13-5-6-17-14-34-16-24(17)29)28-27(33)35-15-22-20-9-3-1-7-18(20)19-8-2-4-10-21(19)22/h1-4,7-10,17,22-24H,5-6,11-16H2,(H,28,33)(H,30,31)/t17-,23?,24+/m0/s1. The summed E-state index contributed by atoms with van der Waals surface area (Å²) in [6.07, 6.45) is 0.943. The maximum absolute atomic E-state index is 13.4. The highest BCUT2D eigenvalue weighted by Gasteiger charge is 2.41. The quantitative estimate of drug-likeness (QED) is 0.632. The Morgan fingerprint density at radius 3 is 2.43 bits per heavy atom. The van der Waals surface area contributed by atoms with Gasteiger partial charge in [0.1, 0.15) is 12.6 Å². The first-order valence-corrected chi connectivity index (χ1v) is 12.2. The number of carbonyl (C=O) groups is 3. The highest BCUT2D eigenvalue weighted by atomic mass is 16.5. The first-order chi connectivity index (χ1) is 17.0. The molecule has 35 heavy (non-hydrogen) atoms. The summed E-state index contributed by atoms with van der Waals surface area (Å²) in [7, 11) is 0. The van der Waals surface area contributed by atoms with Crippen LogP contribution in [0, 0.1) is 5.92 Å². The summed E-state index contributed by atoms with van der Waals surface area (Å²) in [4.78, 5) is 39.2. The third-order valence-corrected chi connectivity index (χ3v) is 7.40. The number of carbonyl (C=O) groups excluding carboxylic acids is 2. The van der Waals surface area contributed by atoms with Crippen molar-refractivity contribution in [2.24, 2.45) is 5.92 Å². The largest absolute Gasteiger partial charge is 0.481 e. The monoisotopic (exact) mass is 478 g/mol. The van der Waals surface area contributed by atoms with Gasteiger partial charge in [0.25, 0.3) is 0 Å². The molecule has 2 aromatic rings. The van der Waals surface area contributed by atoms with Gasteiger partial charge in [0.2, 0.25) is 5.91 Å². The Morgan fingerprint density at radius 2 is 1.74 bits per heavy atom. The van der Waals surface area contributed by atoms with Crippen LogP contribution in [0.4, 0.5) is 4.79 Å². The number of rotatable bonds is 7. The molecular weight excluding hydrogens is 448 g/mol. The van der Waals surface area contributed by atoms with Gasteiger partial charge in [-0.15, -0.1) is 0 Å². The van der Waals surface area contributed by atoms with E-state index in [1.165, 1.54) is 0 Å². The third-order valence-electron chi connectivity index (χ3n) is 7.40. The maximum atomic E-state index is 13.4. The van der Waals surface area contributed by atoms with E-state index in [0.717, 1.165) is 35.1 Å². The fraction of sp³-hybridized carbons (Fsp3) is 0.444. The van der Waals surface area contributed by atoms with Crippen molar-refractivity contribution in [2.45, 2.75) is 43.7 Å². The van der Waals surface area contributed by atoms with Crippen molar-refractivity contribution in [3.8, 4) is 11.1 Å². The van der Waals surface area contributed by atoms with Crippen LogP contribution in [0.1, 0.15) is 42.7 Å². The first kappa shape index (κ1) is 23.4.